The minimum atomic E-state index is -3.52. The van der Waals surface area contributed by atoms with Gasteiger partial charge in [0.1, 0.15) is 12.1 Å². The second-order valence-electron chi connectivity index (χ2n) is 12.0. The zero-order valence-corrected chi connectivity index (χ0v) is 27.9. The van der Waals surface area contributed by atoms with Crippen molar-refractivity contribution in [3.63, 3.8) is 0 Å². The van der Waals surface area contributed by atoms with E-state index in [9.17, 15) is 18.0 Å². The predicted octanol–water partition coefficient (Wildman–Crippen LogP) is 2.93. The van der Waals surface area contributed by atoms with Gasteiger partial charge in [0, 0.05) is 69.9 Å². The number of nitrogens with zero attached hydrogens (tertiary/aromatic N) is 6. The molecule has 2 aliphatic heterocycles. The van der Waals surface area contributed by atoms with E-state index in [1.54, 1.807) is 45.2 Å². The molecular formula is C32H43N9O5S. The van der Waals surface area contributed by atoms with Crippen LogP contribution in [-0.2, 0) is 19.4 Å². The fourth-order valence-corrected chi connectivity index (χ4v) is 7.13. The number of benzene rings is 2. The Morgan fingerprint density at radius 3 is 2.23 bits per heavy atom. The topological polar surface area (TPSA) is 176 Å². The number of rotatable bonds is 12. The SMILES string of the molecule is COc1cc(N2CCC(N3CCN(C(=O)CCC(N)=O)CC3)CC2)ccc1Nc1ncnc(Nc2ccccc2S(=O)(=O)C(C)C)n1. The van der Waals surface area contributed by atoms with E-state index in [2.05, 4.69) is 35.4 Å². The van der Waals surface area contributed by atoms with Crippen LogP contribution in [-0.4, -0.2) is 103 Å². The number of primary amides is 1. The minimum absolute atomic E-state index is 0.00161. The Bertz CT molecular complexity index is 1670. The Morgan fingerprint density at radius 2 is 1.60 bits per heavy atom. The summed E-state index contributed by atoms with van der Waals surface area (Å²) in [5, 5.41) is 5.64. The summed E-state index contributed by atoms with van der Waals surface area (Å²) < 4.78 is 31.5. The highest BCUT2D eigenvalue weighted by molar-refractivity contribution is 7.92. The molecule has 3 heterocycles. The summed E-state index contributed by atoms with van der Waals surface area (Å²) in [4.78, 5) is 43.1. The van der Waals surface area contributed by atoms with Crippen LogP contribution < -0.4 is 26.0 Å². The first-order valence-corrected chi connectivity index (χ1v) is 17.4. The van der Waals surface area contributed by atoms with Gasteiger partial charge in [-0.1, -0.05) is 12.1 Å². The van der Waals surface area contributed by atoms with Crippen LogP contribution in [0.1, 0.15) is 39.5 Å². The van der Waals surface area contributed by atoms with Gasteiger partial charge in [0.15, 0.2) is 9.84 Å². The standard InChI is InChI=1S/C32H43N9O5S/c1-22(2)47(44,45)28-7-5-4-6-26(28)37-32-35-21-34-31(38-32)36-25-9-8-24(20-27(25)46-3)39-14-12-23(13-15-39)40-16-18-41(19-17-40)30(43)11-10-29(33)42/h4-9,20-23H,10-19H2,1-3H3,(H2,33,42)(H2,34,35,36,37,38). The number of sulfone groups is 1. The lowest BCUT2D eigenvalue weighted by Crippen LogP contribution is -2.54. The summed E-state index contributed by atoms with van der Waals surface area (Å²) in [5.74, 6) is 0.652. The highest BCUT2D eigenvalue weighted by Crippen LogP contribution is 2.33. The van der Waals surface area contributed by atoms with Crippen molar-refractivity contribution < 1.29 is 22.7 Å². The summed E-state index contributed by atoms with van der Waals surface area (Å²) in [6.07, 6.45) is 3.66. The summed E-state index contributed by atoms with van der Waals surface area (Å²) in [7, 11) is -1.91. The first kappa shape index (κ1) is 33.9. The second kappa shape index (κ2) is 14.9. The number of methoxy groups -OCH3 is 1. The summed E-state index contributed by atoms with van der Waals surface area (Å²) >= 11 is 0. The van der Waals surface area contributed by atoms with Crippen molar-refractivity contribution in [1.29, 1.82) is 0 Å². The molecule has 2 saturated heterocycles. The fourth-order valence-electron chi connectivity index (χ4n) is 5.92. The van der Waals surface area contributed by atoms with E-state index in [1.807, 2.05) is 23.1 Å². The molecule has 0 aliphatic carbocycles. The van der Waals surface area contributed by atoms with E-state index in [0.29, 0.717) is 36.3 Å². The number of piperidine rings is 1. The van der Waals surface area contributed by atoms with Crippen LogP contribution in [0.15, 0.2) is 53.7 Å². The summed E-state index contributed by atoms with van der Waals surface area (Å²) in [6.45, 7) is 8.10. The number of carbonyl (C=O) groups excluding carboxylic acids is 2. The average molecular weight is 666 g/mol. The third-order valence-corrected chi connectivity index (χ3v) is 10.9. The van der Waals surface area contributed by atoms with Crippen molar-refractivity contribution in [3.8, 4) is 5.75 Å². The van der Waals surface area contributed by atoms with Crippen LogP contribution in [0, 0.1) is 0 Å². The predicted molar refractivity (Wildman–Crippen MR) is 180 cm³/mol. The molecule has 0 radical (unpaired) electrons. The van der Waals surface area contributed by atoms with Crippen LogP contribution >= 0.6 is 0 Å². The molecule has 5 rings (SSSR count). The van der Waals surface area contributed by atoms with Crippen molar-refractivity contribution in [2.24, 2.45) is 5.73 Å². The maximum atomic E-state index is 12.9. The normalized spacial score (nSPS) is 16.3. The van der Waals surface area contributed by atoms with Gasteiger partial charge in [0.05, 0.1) is 28.6 Å². The quantitative estimate of drug-likeness (QED) is 0.258. The van der Waals surface area contributed by atoms with E-state index >= 15 is 0 Å². The third-order valence-electron chi connectivity index (χ3n) is 8.66. The van der Waals surface area contributed by atoms with Crippen molar-refractivity contribution >= 4 is 50.6 Å². The molecule has 0 bridgehead atoms. The maximum absolute atomic E-state index is 12.9. The molecular weight excluding hydrogens is 622 g/mol. The molecule has 47 heavy (non-hydrogen) atoms. The van der Waals surface area contributed by atoms with Gasteiger partial charge in [0.25, 0.3) is 0 Å². The van der Waals surface area contributed by atoms with Crippen LogP contribution in [0.4, 0.5) is 29.0 Å². The number of aromatic nitrogens is 3. The lowest BCUT2D eigenvalue weighted by atomic mass is 10.0. The van der Waals surface area contributed by atoms with E-state index in [1.165, 1.54) is 6.33 Å². The maximum Gasteiger partial charge on any atom is 0.232 e. The van der Waals surface area contributed by atoms with Gasteiger partial charge in [0.2, 0.25) is 23.7 Å². The average Bonchev–Trinajstić information content (AvgIpc) is 3.08. The highest BCUT2D eigenvalue weighted by atomic mass is 32.2. The zero-order valence-electron chi connectivity index (χ0n) is 27.1. The van der Waals surface area contributed by atoms with Crippen LogP contribution in [0.2, 0.25) is 0 Å². The molecule has 2 fully saturated rings. The van der Waals surface area contributed by atoms with E-state index < -0.39 is 21.0 Å². The highest BCUT2D eigenvalue weighted by Gasteiger charge is 2.29. The molecule has 3 aromatic rings. The number of piperazine rings is 1. The molecule has 2 amide bonds. The first-order valence-electron chi connectivity index (χ1n) is 15.8. The van der Waals surface area contributed by atoms with Crippen molar-refractivity contribution in [1.82, 2.24) is 24.8 Å². The van der Waals surface area contributed by atoms with Gasteiger partial charge in [-0.2, -0.15) is 4.98 Å². The Balaban J connectivity index is 1.18. The van der Waals surface area contributed by atoms with E-state index in [0.717, 1.165) is 44.7 Å². The molecule has 252 valence electrons. The van der Waals surface area contributed by atoms with Gasteiger partial charge in [-0.3, -0.25) is 14.5 Å². The van der Waals surface area contributed by atoms with Gasteiger partial charge in [-0.25, -0.2) is 18.4 Å². The molecule has 4 N–H and O–H groups in total. The van der Waals surface area contributed by atoms with Gasteiger partial charge < -0.3 is 30.9 Å². The fraction of sp³-hybridized carbons (Fsp3) is 0.469. The summed E-state index contributed by atoms with van der Waals surface area (Å²) in [5.41, 5.74) is 7.30. The number of nitrogens with one attached hydrogen (secondary N) is 2. The zero-order chi connectivity index (χ0) is 33.6. The molecule has 15 heteroatoms. The molecule has 0 spiro atoms. The lowest BCUT2D eigenvalue weighted by molar-refractivity contribution is -0.135. The smallest absolute Gasteiger partial charge is 0.232 e. The number of amides is 2. The molecule has 2 aliphatic rings. The number of hydrogen-bond acceptors (Lipinski definition) is 12. The Kier molecular flexibility index (Phi) is 10.8. The number of anilines is 5. The largest absolute Gasteiger partial charge is 0.494 e. The molecule has 0 atom stereocenters. The Morgan fingerprint density at radius 1 is 0.936 bits per heavy atom. The van der Waals surface area contributed by atoms with E-state index in [-0.39, 0.29) is 35.5 Å². The number of ether oxygens (including phenoxy) is 1. The molecule has 1 aromatic heterocycles. The monoisotopic (exact) mass is 665 g/mol. The molecule has 2 aromatic carbocycles. The Hall–Kier alpha value is -4.50. The number of carbonyl (C=O) groups is 2. The number of nitrogens with two attached hydrogens (primary N) is 1. The third kappa shape index (κ3) is 8.27. The van der Waals surface area contributed by atoms with Crippen molar-refractivity contribution in [3.05, 3.63) is 48.8 Å². The molecule has 0 saturated carbocycles. The van der Waals surface area contributed by atoms with Crippen molar-refractivity contribution in [2.45, 2.75) is 55.7 Å². The van der Waals surface area contributed by atoms with Crippen LogP contribution in [0.25, 0.3) is 0 Å². The van der Waals surface area contributed by atoms with Crippen LogP contribution in [0.5, 0.6) is 5.75 Å². The molecule has 0 unspecified atom stereocenters. The lowest BCUT2D eigenvalue weighted by Gasteiger charge is -2.43. The van der Waals surface area contributed by atoms with Gasteiger partial charge >= 0.3 is 0 Å². The van der Waals surface area contributed by atoms with Crippen LogP contribution in [0.3, 0.4) is 0 Å². The van der Waals surface area contributed by atoms with Gasteiger partial charge in [-0.05, 0) is 51.0 Å². The van der Waals surface area contributed by atoms with Crippen molar-refractivity contribution in [2.75, 3.05) is 61.9 Å². The number of hydrogen-bond donors (Lipinski definition) is 3. The Labute approximate surface area is 275 Å². The van der Waals surface area contributed by atoms with E-state index in [4.69, 9.17) is 10.5 Å². The van der Waals surface area contributed by atoms with Gasteiger partial charge in [-0.15, -0.1) is 0 Å². The first-order chi connectivity index (χ1) is 22.5. The minimum Gasteiger partial charge on any atom is -0.494 e. The second-order valence-corrected chi connectivity index (χ2v) is 14.4. The molecule has 14 nitrogen and oxygen atoms in total. The number of para-hydroxylation sites is 1. The summed E-state index contributed by atoms with van der Waals surface area (Å²) in [6, 6.07) is 13.1.